The summed E-state index contributed by atoms with van der Waals surface area (Å²) in [4.78, 5) is 11.9. The molecule has 2 aromatic rings. The fraction of sp³-hybridized carbons (Fsp3) is 0.188. The molecule has 0 bridgehead atoms. The maximum atomic E-state index is 12.9. The molecule has 0 aliphatic heterocycles. The van der Waals surface area contributed by atoms with Crippen molar-refractivity contribution in [2.45, 2.75) is 13.0 Å². The number of hydrogen-bond donors (Lipinski definition) is 1. The highest BCUT2D eigenvalue weighted by molar-refractivity contribution is 6.32. The van der Waals surface area contributed by atoms with E-state index in [1.54, 1.807) is 12.1 Å². The molecule has 0 saturated carbocycles. The maximum absolute atomic E-state index is 12.9. The highest BCUT2D eigenvalue weighted by atomic mass is 35.5. The van der Waals surface area contributed by atoms with Crippen LogP contribution < -0.4 is 10.1 Å². The van der Waals surface area contributed by atoms with Gasteiger partial charge in [-0.25, -0.2) is 4.39 Å². The highest BCUT2D eigenvalue weighted by Crippen LogP contribution is 2.24. The van der Waals surface area contributed by atoms with Crippen molar-refractivity contribution in [1.29, 1.82) is 0 Å². The molecular formula is C16H14Cl2FNO2. The molecule has 0 fully saturated rings. The van der Waals surface area contributed by atoms with Gasteiger partial charge in [-0.05, 0) is 42.8 Å². The molecule has 0 radical (unpaired) electrons. The number of carbonyl (C=O) groups excluding carboxylic acids is 1. The van der Waals surface area contributed by atoms with Crippen molar-refractivity contribution in [3.8, 4) is 5.75 Å². The molecule has 0 aliphatic carbocycles. The Kier molecular flexibility index (Phi) is 5.63. The van der Waals surface area contributed by atoms with Gasteiger partial charge in [-0.1, -0.05) is 35.3 Å². The Morgan fingerprint density at radius 2 is 2.05 bits per heavy atom. The van der Waals surface area contributed by atoms with Crippen LogP contribution in [0.4, 0.5) is 4.39 Å². The van der Waals surface area contributed by atoms with Crippen LogP contribution in [0.5, 0.6) is 5.75 Å². The van der Waals surface area contributed by atoms with Gasteiger partial charge in [0.1, 0.15) is 11.6 Å². The average molecular weight is 342 g/mol. The molecule has 1 N–H and O–H groups in total. The van der Waals surface area contributed by atoms with Crippen LogP contribution in [0.1, 0.15) is 18.5 Å². The Labute approximate surface area is 138 Å². The molecule has 0 saturated heterocycles. The summed E-state index contributed by atoms with van der Waals surface area (Å²) in [7, 11) is 0. The number of benzene rings is 2. The monoisotopic (exact) mass is 341 g/mol. The maximum Gasteiger partial charge on any atom is 0.258 e. The van der Waals surface area contributed by atoms with Crippen LogP contribution in [0.3, 0.4) is 0 Å². The van der Waals surface area contributed by atoms with Crippen LogP contribution in [-0.4, -0.2) is 12.5 Å². The van der Waals surface area contributed by atoms with Gasteiger partial charge >= 0.3 is 0 Å². The summed E-state index contributed by atoms with van der Waals surface area (Å²) in [6.07, 6.45) is 0. The number of carbonyl (C=O) groups is 1. The largest absolute Gasteiger partial charge is 0.482 e. The van der Waals surface area contributed by atoms with Crippen molar-refractivity contribution >= 4 is 29.1 Å². The molecule has 1 atom stereocenters. The average Bonchev–Trinajstić information content (AvgIpc) is 2.46. The molecule has 2 aromatic carbocycles. The number of halogens is 3. The first-order valence-electron chi connectivity index (χ1n) is 6.58. The topological polar surface area (TPSA) is 38.3 Å². The zero-order valence-corrected chi connectivity index (χ0v) is 13.3. The highest BCUT2D eigenvalue weighted by Gasteiger charge is 2.11. The lowest BCUT2D eigenvalue weighted by Gasteiger charge is -2.15. The van der Waals surface area contributed by atoms with Crippen LogP contribution in [-0.2, 0) is 4.79 Å². The molecule has 0 heterocycles. The third kappa shape index (κ3) is 4.61. The summed E-state index contributed by atoms with van der Waals surface area (Å²) in [5, 5.41) is 3.51. The number of hydrogen-bond acceptors (Lipinski definition) is 2. The third-order valence-electron chi connectivity index (χ3n) is 2.98. The summed E-state index contributed by atoms with van der Waals surface area (Å²) in [6, 6.07) is 10.7. The van der Waals surface area contributed by atoms with Crippen molar-refractivity contribution < 1.29 is 13.9 Å². The van der Waals surface area contributed by atoms with Gasteiger partial charge in [-0.2, -0.15) is 0 Å². The van der Waals surface area contributed by atoms with Crippen LogP contribution in [0, 0.1) is 5.82 Å². The van der Waals surface area contributed by atoms with E-state index in [0.29, 0.717) is 5.02 Å². The van der Waals surface area contributed by atoms with Crippen LogP contribution >= 0.6 is 23.2 Å². The number of nitrogens with one attached hydrogen (secondary N) is 1. The van der Waals surface area contributed by atoms with E-state index in [2.05, 4.69) is 5.32 Å². The van der Waals surface area contributed by atoms with Gasteiger partial charge in [0.2, 0.25) is 0 Å². The Morgan fingerprint density at radius 3 is 2.73 bits per heavy atom. The standard InChI is InChI=1S/C16H14Cl2FNO2/c1-10(11-3-2-4-12(17)7-11)20-16(21)9-22-15-6-5-13(19)8-14(15)18/h2-8,10H,9H2,1H3,(H,20,21). The third-order valence-corrected chi connectivity index (χ3v) is 3.51. The normalized spacial score (nSPS) is 11.8. The SMILES string of the molecule is CC(NC(=O)COc1ccc(F)cc1Cl)c1cccc(Cl)c1. The summed E-state index contributed by atoms with van der Waals surface area (Å²) in [5.74, 6) is -0.516. The summed E-state index contributed by atoms with van der Waals surface area (Å²) in [5.41, 5.74) is 0.890. The van der Waals surface area contributed by atoms with Gasteiger partial charge in [0, 0.05) is 5.02 Å². The number of amides is 1. The lowest BCUT2D eigenvalue weighted by molar-refractivity contribution is -0.123. The molecule has 1 unspecified atom stereocenters. The molecule has 22 heavy (non-hydrogen) atoms. The zero-order chi connectivity index (χ0) is 16.1. The van der Waals surface area contributed by atoms with Gasteiger partial charge in [0.05, 0.1) is 11.1 Å². The van der Waals surface area contributed by atoms with E-state index in [1.807, 2.05) is 19.1 Å². The summed E-state index contributed by atoms with van der Waals surface area (Å²) < 4.78 is 18.2. The van der Waals surface area contributed by atoms with E-state index in [4.69, 9.17) is 27.9 Å². The van der Waals surface area contributed by atoms with Gasteiger partial charge in [-0.15, -0.1) is 0 Å². The Bertz CT molecular complexity index is 679. The van der Waals surface area contributed by atoms with Crippen LogP contribution in [0.25, 0.3) is 0 Å². The second kappa shape index (κ2) is 7.47. The first kappa shape index (κ1) is 16.6. The van der Waals surface area contributed by atoms with E-state index in [9.17, 15) is 9.18 Å². The van der Waals surface area contributed by atoms with Crippen LogP contribution in [0.2, 0.25) is 10.0 Å². The lowest BCUT2D eigenvalue weighted by atomic mass is 10.1. The smallest absolute Gasteiger partial charge is 0.258 e. The van der Waals surface area contributed by atoms with E-state index >= 15 is 0 Å². The van der Waals surface area contributed by atoms with Gasteiger partial charge in [0.15, 0.2) is 6.61 Å². The Balaban J connectivity index is 1.90. The molecule has 2 rings (SSSR count). The fourth-order valence-electron chi connectivity index (χ4n) is 1.88. The number of rotatable bonds is 5. The van der Waals surface area contributed by atoms with E-state index in [0.717, 1.165) is 11.6 Å². The van der Waals surface area contributed by atoms with Gasteiger partial charge < -0.3 is 10.1 Å². The first-order valence-corrected chi connectivity index (χ1v) is 7.34. The molecule has 1 amide bonds. The van der Waals surface area contributed by atoms with Crippen molar-refractivity contribution in [1.82, 2.24) is 5.32 Å². The minimum atomic E-state index is -0.462. The molecule has 3 nitrogen and oxygen atoms in total. The molecule has 0 aromatic heterocycles. The Morgan fingerprint density at radius 1 is 1.27 bits per heavy atom. The van der Waals surface area contributed by atoms with E-state index < -0.39 is 5.82 Å². The molecular weight excluding hydrogens is 328 g/mol. The van der Waals surface area contributed by atoms with Crippen molar-refractivity contribution in [2.75, 3.05) is 6.61 Å². The van der Waals surface area contributed by atoms with Gasteiger partial charge in [-0.3, -0.25) is 4.79 Å². The molecule has 0 aliphatic rings. The predicted octanol–water partition coefficient (Wildman–Crippen LogP) is 4.39. The quantitative estimate of drug-likeness (QED) is 0.875. The van der Waals surface area contributed by atoms with E-state index in [1.165, 1.54) is 12.1 Å². The Hall–Kier alpha value is -1.78. The second-order valence-corrected chi connectivity index (χ2v) is 5.55. The van der Waals surface area contributed by atoms with Crippen LogP contribution in [0.15, 0.2) is 42.5 Å². The summed E-state index contributed by atoms with van der Waals surface area (Å²) >= 11 is 11.7. The van der Waals surface area contributed by atoms with Crippen molar-refractivity contribution in [3.05, 3.63) is 63.9 Å². The van der Waals surface area contributed by atoms with Crippen molar-refractivity contribution in [2.24, 2.45) is 0 Å². The fourth-order valence-corrected chi connectivity index (χ4v) is 2.30. The van der Waals surface area contributed by atoms with Gasteiger partial charge in [0.25, 0.3) is 5.91 Å². The van der Waals surface area contributed by atoms with Crippen molar-refractivity contribution in [3.63, 3.8) is 0 Å². The molecule has 116 valence electrons. The minimum Gasteiger partial charge on any atom is -0.482 e. The lowest BCUT2D eigenvalue weighted by Crippen LogP contribution is -2.31. The molecule has 0 spiro atoms. The number of ether oxygens (including phenoxy) is 1. The second-order valence-electron chi connectivity index (χ2n) is 4.71. The zero-order valence-electron chi connectivity index (χ0n) is 11.8. The first-order chi connectivity index (χ1) is 10.5. The predicted molar refractivity (Wildman–Crippen MR) is 84.9 cm³/mol. The summed E-state index contributed by atoms with van der Waals surface area (Å²) in [6.45, 7) is 1.63. The minimum absolute atomic E-state index is 0.121. The van der Waals surface area contributed by atoms with E-state index in [-0.39, 0.29) is 29.3 Å². The molecule has 6 heteroatoms.